The van der Waals surface area contributed by atoms with Crippen LogP contribution in [0.25, 0.3) is 0 Å². The highest BCUT2D eigenvalue weighted by atomic mass is 19.1. The van der Waals surface area contributed by atoms with Crippen LogP contribution in [-0.2, 0) is 11.3 Å². The van der Waals surface area contributed by atoms with E-state index in [1.54, 1.807) is 6.07 Å². The lowest BCUT2D eigenvalue weighted by Gasteiger charge is -2.23. The van der Waals surface area contributed by atoms with E-state index >= 15 is 0 Å². The molecule has 1 spiro atoms. The zero-order valence-electron chi connectivity index (χ0n) is 14.1. The molecule has 0 bridgehead atoms. The Hall–Kier alpha value is -1.98. The first kappa shape index (κ1) is 16.5. The molecule has 0 aliphatic carbocycles. The Labute approximate surface area is 146 Å². The summed E-state index contributed by atoms with van der Waals surface area (Å²) in [6.45, 7) is 3.31. The van der Waals surface area contributed by atoms with Crippen molar-refractivity contribution in [2.45, 2.75) is 31.0 Å². The molecule has 0 saturated carbocycles. The smallest absolute Gasteiger partial charge is 0.125 e. The predicted molar refractivity (Wildman–Crippen MR) is 93.4 cm³/mol. The van der Waals surface area contributed by atoms with Gasteiger partial charge in [-0.3, -0.25) is 4.90 Å². The fourth-order valence-corrected chi connectivity index (χ4v) is 3.95. The van der Waals surface area contributed by atoms with Gasteiger partial charge in [-0.15, -0.1) is 0 Å². The van der Waals surface area contributed by atoms with Crippen LogP contribution in [0.1, 0.15) is 18.4 Å². The molecule has 2 aliphatic rings. The summed E-state index contributed by atoms with van der Waals surface area (Å²) in [4.78, 5) is 2.36. The fraction of sp³-hybridized carbons (Fsp3) is 0.400. The third-order valence-electron chi connectivity index (χ3n) is 5.12. The predicted octanol–water partition coefficient (Wildman–Crippen LogP) is 3.81. The van der Waals surface area contributed by atoms with Gasteiger partial charge in [-0.2, -0.15) is 0 Å². The highest BCUT2D eigenvalue weighted by Gasteiger charge is 2.45. The maximum atomic E-state index is 13.3. The summed E-state index contributed by atoms with van der Waals surface area (Å²) in [6, 6.07) is 13.4. The second kappa shape index (κ2) is 6.73. The van der Waals surface area contributed by atoms with Crippen LogP contribution in [0.3, 0.4) is 0 Å². The monoisotopic (exact) mass is 344 g/mol. The zero-order chi connectivity index (χ0) is 17.3. The molecule has 0 aromatic heterocycles. The average molecular weight is 344 g/mol. The minimum Gasteiger partial charge on any atom is -0.380 e. The Morgan fingerprint density at radius 3 is 2.76 bits per heavy atom. The van der Waals surface area contributed by atoms with E-state index in [0.29, 0.717) is 6.61 Å². The van der Waals surface area contributed by atoms with Gasteiger partial charge >= 0.3 is 0 Å². The number of halogens is 2. The molecular weight excluding hydrogens is 322 g/mol. The first-order valence-electron chi connectivity index (χ1n) is 8.73. The van der Waals surface area contributed by atoms with Gasteiger partial charge in [0.15, 0.2) is 0 Å². The quantitative estimate of drug-likeness (QED) is 0.913. The average Bonchev–Trinajstić information content (AvgIpc) is 3.16. The van der Waals surface area contributed by atoms with Crippen molar-refractivity contribution in [1.29, 1.82) is 0 Å². The summed E-state index contributed by atoms with van der Waals surface area (Å²) in [5.41, 5.74) is 1.79. The molecule has 2 saturated heterocycles. The van der Waals surface area contributed by atoms with Crippen LogP contribution in [0.2, 0.25) is 0 Å². The molecule has 0 amide bonds. The van der Waals surface area contributed by atoms with Gasteiger partial charge < -0.3 is 10.1 Å². The zero-order valence-corrected chi connectivity index (χ0v) is 14.1. The number of anilines is 1. The second-order valence-corrected chi connectivity index (χ2v) is 7.14. The maximum Gasteiger partial charge on any atom is 0.125 e. The maximum absolute atomic E-state index is 13.3. The molecular formula is C20H22F2N2O. The van der Waals surface area contributed by atoms with Gasteiger partial charge in [-0.05, 0) is 42.3 Å². The number of nitrogens with zero attached hydrogens (tertiary/aromatic N) is 1. The lowest BCUT2D eigenvalue weighted by molar-refractivity contribution is 0.0120. The summed E-state index contributed by atoms with van der Waals surface area (Å²) < 4.78 is 32.5. The Kier molecular flexibility index (Phi) is 4.44. The van der Waals surface area contributed by atoms with Crippen LogP contribution in [-0.4, -0.2) is 36.2 Å². The lowest BCUT2D eigenvalue weighted by atomic mass is 9.97. The topological polar surface area (TPSA) is 24.5 Å². The van der Waals surface area contributed by atoms with Crippen LogP contribution in [0.4, 0.5) is 14.5 Å². The second-order valence-electron chi connectivity index (χ2n) is 7.14. The number of hydrogen-bond acceptors (Lipinski definition) is 3. The standard InChI is InChI=1S/C20H22F2N2O/c21-16-6-4-15(5-7-16)12-24-9-8-20(14-24)11-19(13-25-20)23-18-3-1-2-17(22)10-18/h1-7,10,19,23H,8-9,11-14H2/t19-,20+/m1/s1. The van der Waals surface area contributed by atoms with Crippen molar-refractivity contribution in [1.82, 2.24) is 4.90 Å². The van der Waals surface area contributed by atoms with Crippen molar-refractivity contribution in [3.63, 3.8) is 0 Å². The van der Waals surface area contributed by atoms with Gasteiger partial charge in [0.05, 0.1) is 18.2 Å². The molecule has 132 valence electrons. The molecule has 2 fully saturated rings. The van der Waals surface area contributed by atoms with E-state index < -0.39 is 0 Å². The molecule has 2 aromatic carbocycles. The molecule has 3 nitrogen and oxygen atoms in total. The van der Waals surface area contributed by atoms with Crippen LogP contribution in [0.15, 0.2) is 48.5 Å². The van der Waals surface area contributed by atoms with Crippen LogP contribution in [0, 0.1) is 11.6 Å². The first-order valence-corrected chi connectivity index (χ1v) is 8.73. The number of hydrogen-bond donors (Lipinski definition) is 1. The SMILES string of the molecule is Fc1ccc(CN2CC[C@]3(C[C@@H](Nc4cccc(F)c4)CO3)C2)cc1. The molecule has 4 rings (SSSR count). The van der Waals surface area contributed by atoms with Crippen LogP contribution >= 0.6 is 0 Å². The number of likely N-dealkylation sites (tertiary alicyclic amines) is 1. The Morgan fingerprint density at radius 1 is 1.12 bits per heavy atom. The molecule has 2 aromatic rings. The van der Waals surface area contributed by atoms with Gasteiger partial charge in [0.1, 0.15) is 11.6 Å². The Balaban J connectivity index is 1.34. The van der Waals surface area contributed by atoms with E-state index in [1.807, 2.05) is 18.2 Å². The summed E-state index contributed by atoms with van der Waals surface area (Å²) in [7, 11) is 0. The van der Waals surface area contributed by atoms with Crippen molar-refractivity contribution in [3.8, 4) is 0 Å². The van der Waals surface area contributed by atoms with Gasteiger partial charge in [0, 0.05) is 31.7 Å². The molecule has 5 heteroatoms. The number of nitrogens with one attached hydrogen (secondary N) is 1. The molecule has 1 N–H and O–H groups in total. The summed E-state index contributed by atoms with van der Waals surface area (Å²) in [5, 5.41) is 3.38. The van der Waals surface area contributed by atoms with Crippen molar-refractivity contribution in [2.75, 3.05) is 25.0 Å². The van der Waals surface area contributed by atoms with Crippen LogP contribution < -0.4 is 5.32 Å². The van der Waals surface area contributed by atoms with E-state index in [4.69, 9.17) is 4.74 Å². The van der Waals surface area contributed by atoms with E-state index in [9.17, 15) is 8.78 Å². The van der Waals surface area contributed by atoms with Crippen molar-refractivity contribution >= 4 is 5.69 Å². The van der Waals surface area contributed by atoms with Crippen molar-refractivity contribution < 1.29 is 13.5 Å². The van der Waals surface area contributed by atoms with Gasteiger partial charge in [0.25, 0.3) is 0 Å². The third-order valence-corrected chi connectivity index (χ3v) is 5.12. The highest BCUT2D eigenvalue weighted by molar-refractivity contribution is 5.44. The lowest BCUT2D eigenvalue weighted by Crippen LogP contribution is -2.33. The van der Waals surface area contributed by atoms with E-state index in [1.165, 1.54) is 24.3 Å². The minimum absolute atomic E-state index is 0.120. The summed E-state index contributed by atoms with van der Waals surface area (Å²) >= 11 is 0. The van der Waals surface area contributed by atoms with Crippen molar-refractivity contribution in [2.24, 2.45) is 0 Å². The van der Waals surface area contributed by atoms with E-state index in [0.717, 1.165) is 43.7 Å². The Morgan fingerprint density at radius 2 is 1.96 bits per heavy atom. The molecule has 2 aliphatic heterocycles. The van der Waals surface area contributed by atoms with Gasteiger partial charge in [-0.25, -0.2) is 8.78 Å². The largest absolute Gasteiger partial charge is 0.380 e. The number of ether oxygens (including phenoxy) is 1. The number of rotatable bonds is 4. The molecule has 0 unspecified atom stereocenters. The van der Waals surface area contributed by atoms with E-state index in [-0.39, 0.29) is 23.3 Å². The first-order chi connectivity index (χ1) is 12.1. The highest BCUT2D eigenvalue weighted by Crippen LogP contribution is 2.36. The third kappa shape index (κ3) is 3.83. The molecule has 0 radical (unpaired) electrons. The van der Waals surface area contributed by atoms with Crippen molar-refractivity contribution in [3.05, 3.63) is 65.7 Å². The van der Waals surface area contributed by atoms with E-state index in [2.05, 4.69) is 10.2 Å². The number of benzene rings is 2. The van der Waals surface area contributed by atoms with Crippen LogP contribution in [0.5, 0.6) is 0 Å². The molecule has 2 atom stereocenters. The normalized spacial score (nSPS) is 26.4. The van der Waals surface area contributed by atoms with Gasteiger partial charge in [0.2, 0.25) is 0 Å². The summed E-state index contributed by atoms with van der Waals surface area (Å²) in [6.07, 6.45) is 1.92. The Bertz CT molecular complexity index is 737. The summed E-state index contributed by atoms with van der Waals surface area (Å²) in [5.74, 6) is -0.433. The minimum atomic E-state index is -0.232. The van der Waals surface area contributed by atoms with Gasteiger partial charge in [-0.1, -0.05) is 18.2 Å². The fourth-order valence-electron chi connectivity index (χ4n) is 3.95. The molecule has 2 heterocycles. The molecule has 25 heavy (non-hydrogen) atoms.